The van der Waals surface area contributed by atoms with Crippen molar-refractivity contribution in [1.29, 1.82) is 0 Å². The van der Waals surface area contributed by atoms with Crippen molar-refractivity contribution >= 4 is 51.1 Å². The quantitative estimate of drug-likeness (QED) is 0.368. The van der Waals surface area contributed by atoms with E-state index in [1.807, 2.05) is 6.92 Å². The molecule has 10 nitrogen and oxygen atoms in total. The first-order valence-corrected chi connectivity index (χ1v) is 10.1. The van der Waals surface area contributed by atoms with E-state index in [0.29, 0.717) is 45.5 Å². The van der Waals surface area contributed by atoms with E-state index in [2.05, 4.69) is 35.5 Å². The van der Waals surface area contributed by atoms with Crippen LogP contribution in [0.4, 0.5) is 5.82 Å². The van der Waals surface area contributed by atoms with Crippen molar-refractivity contribution in [1.82, 2.24) is 39.7 Å². The molecule has 0 fully saturated rings. The van der Waals surface area contributed by atoms with Gasteiger partial charge in [0.1, 0.15) is 17.7 Å². The number of anilines is 1. The highest BCUT2D eigenvalue weighted by Gasteiger charge is 2.24. The number of aromatic amines is 2. The third-order valence-electron chi connectivity index (χ3n) is 4.94. The topological polar surface area (TPSA) is 130 Å². The van der Waals surface area contributed by atoms with Gasteiger partial charge in [-0.3, -0.25) is 14.5 Å². The number of hydrogen-bond acceptors (Lipinski definition) is 7. The molecule has 0 bridgehead atoms. The minimum absolute atomic E-state index is 0.241. The molecule has 3 N–H and O–H groups in total. The third kappa shape index (κ3) is 3.20. The summed E-state index contributed by atoms with van der Waals surface area (Å²) in [4.78, 5) is 34.0. The number of H-pyrrole nitrogens is 2. The van der Waals surface area contributed by atoms with Gasteiger partial charge in [0.15, 0.2) is 11.5 Å². The zero-order valence-corrected chi connectivity index (χ0v) is 17.6. The molecule has 1 aromatic carbocycles. The Balaban J connectivity index is 1.76. The lowest BCUT2D eigenvalue weighted by Gasteiger charge is -2.21. The van der Waals surface area contributed by atoms with Crippen molar-refractivity contribution in [3.63, 3.8) is 0 Å². The van der Waals surface area contributed by atoms with Crippen LogP contribution in [-0.2, 0) is 0 Å². The molecule has 0 aliphatic heterocycles. The molecule has 0 saturated carbocycles. The van der Waals surface area contributed by atoms with Crippen LogP contribution < -0.4 is 10.9 Å². The summed E-state index contributed by atoms with van der Waals surface area (Å²) in [6.45, 7) is 1.97. The molecule has 4 aromatic heterocycles. The summed E-state index contributed by atoms with van der Waals surface area (Å²) in [7, 11) is 0. The van der Waals surface area contributed by atoms with E-state index in [1.54, 1.807) is 30.9 Å². The van der Waals surface area contributed by atoms with Crippen molar-refractivity contribution in [3.8, 4) is 5.69 Å². The molecule has 31 heavy (non-hydrogen) atoms. The van der Waals surface area contributed by atoms with Crippen LogP contribution in [0.2, 0.25) is 10.0 Å². The van der Waals surface area contributed by atoms with E-state index in [0.717, 1.165) is 0 Å². The Labute approximate surface area is 184 Å². The Bertz CT molecular complexity index is 1460. The van der Waals surface area contributed by atoms with Crippen molar-refractivity contribution in [2.75, 3.05) is 5.32 Å². The Morgan fingerprint density at radius 1 is 1.16 bits per heavy atom. The SMILES string of the molecule is CCC(Nc1ncnc2[nH]cnc12)c1nc2c(Cl)ccc(Cl)c2c(=O)n1-c1cn[nH]c1. The number of benzene rings is 1. The first-order valence-electron chi connectivity index (χ1n) is 9.39. The lowest BCUT2D eigenvalue weighted by Crippen LogP contribution is -2.28. The van der Waals surface area contributed by atoms with Crippen molar-refractivity contribution in [2.45, 2.75) is 19.4 Å². The lowest BCUT2D eigenvalue weighted by atomic mass is 10.1. The zero-order valence-electron chi connectivity index (χ0n) is 16.1. The maximum Gasteiger partial charge on any atom is 0.267 e. The second-order valence-electron chi connectivity index (χ2n) is 6.75. The van der Waals surface area contributed by atoms with E-state index in [4.69, 9.17) is 28.2 Å². The molecule has 1 unspecified atom stereocenters. The van der Waals surface area contributed by atoms with E-state index in [9.17, 15) is 4.79 Å². The highest BCUT2D eigenvalue weighted by atomic mass is 35.5. The predicted octanol–water partition coefficient (Wildman–Crippen LogP) is 3.65. The lowest BCUT2D eigenvalue weighted by molar-refractivity contribution is 0.659. The maximum absolute atomic E-state index is 13.5. The number of nitrogens with zero attached hydrogens (tertiary/aromatic N) is 6. The van der Waals surface area contributed by atoms with Crippen molar-refractivity contribution < 1.29 is 0 Å². The van der Waals surface area contributed by atoms with Crippen LogP contribution in [0.25, 0.3) is 27.8 Å². The molecule has 1 atom stereocenters. The number of nitrogens with one attached hydrogen (secondary N) is 3. The van der Waals surface area contributed by atoms with Crippen LogP contribution in [0.3, 0.4) is 0 Å². The average Bonchev–Trinajstić information content (AvgIpc) is 3.46. The van der Waals surface area contributed by atoms with Gasteiger partial charge in [-0.15, -0.1) is 0 Å². The molecular weight excluding hydrogens is 441 g/mol. The van der Waals surface area contributed by atoms with E-state index in [-0.39, 0.29) is 16.0 Å². The van der Waals surface area contributed by atoms with Crippen LogP contribution in [0.15, 0.2) is 42.0 Å². The minimum atomic E-state index is -0.406. The average molecular weight is 456 g/mol. The number of rotatable bonds is 5. The fourth-order valence-electron chi connectivity index (χ4n) is 3.47. The standard InChI is InChI=1S/C19H15Cl2N9O/c1-2-12(28-17-15-16(23-7-22-15)24-8-25-17)18-29-14-11(21)4-3-10(20)13(14)19(31)30(18)9-5-26-27-6-9/h3-8,12H,2H2,1H3,(H,26,27)(H2,22,23,24,25,28). The largest absolute Gasteiger partial charge is 0.358 e. The Morgan fingerprint density at radius 3 is 2.77 bits per heavy atom. The summed E-state index contributed by atoms with van der Waals surface area (Å²) >= 11 is 12.7. The van der Waals surface area contributed by atoms with Crippen LogP contribution in [0.5, 0.6) is 0 Å². The molecule has 0 saturated heterocycles. The van der Waals surface area contributed by atoms with Gasteiger partial charge in [-0.25, -0.2) is 19.9 Å². The Kier molecular flexibility index (Phi) is 4.79. The highest BCUT2D eigenvalue weighted by molar-refractivity contribution is 6.39. The van der Waals surface area contributed by atoms with Crippen LogP contribution >= 0.6 is 23.2 Å². The smallest absolute Gasteiger partial charge is 0.267 e. The molecule has 0 amide bonds. The van der Waals surface area contributed by atoms with Gasteiger partial charge in [0.2, 0.25) is 0 Å². The molecule has 0 aliphatic carbocycles. The van der Waals surface area contributed by atoms with Gasteiger partial charge in [0.05, 0.1) is 45.2 Å². The molecule has 5 rings (SSSR count). The number of imidazole rings is 1. The summed E-state index contributed by atoms with van der Waals surface area (Å²) < 4.78 is 1.47. The van der Waals surface area contributed by atoms with Gasteiger partial charge >= 0.3 is 0 Å². The Hall–Kier alpha value is -3.50. The fourth-order valence-corrected chi connectivity index (χ4v) is 3.90. The van der Waals surface area contributed by atoms with E-state index < -0.39 is 6.04 Å². The number of hydrogen-bond donors (Lipinski definition) is 3. The van der Waals surface area contributed by atoms with E-state index >= 15 is 0 Å². The van der Waals surface area contributed by atoms with Gasteiger partial charge in [-0.05, 0) is 18.6 Å². The first kappa shape index (κ1) is 19.5. The predicted molar refractivity (Wildman–Crippen MR) is 118 cm³/mol. The molecule has 0 spiro atoms. The number of fused-ring (bicyclic) bond motifs is 2. The van der Waals surface area contributed by atoms with Gasteiger partial charge in [0, 0.05) is 6.20 Å². The zero-order chi connectivity index (χ0) is 21.5. The summed E-state index contributed by atoms with van der Waals surface area (Å²) in [5, 5.41) is 10.9. The summed E-state index contributed by atoms with van der Waals surface area (Å²) in [6, 6.07) is 2.80. The van der Waals surface area contributed by atoms with Crippen LogP contribution in [0.1, 0.15) is 25.2 Å². The van der Waals surface area contributed by atoms with Gasteiger partial charge in [0.25, 0.3) is 5.56 Å². The van der Waals surface area contributed by atoms with Gasteiger partial charge in [-0.2, -0.15) is 5.10 Å². The summed E-state index contributed by atoms with van der Waals surface area (Å²) in [5.41, 5.74) is 1.70. The van der Waals surface area contributed by atoms with E-state index in [1.165, 1.54) is 10.9 Å². The normalized spacial score (nSPS) is 12.5. The molecule has 4 heterocycles. The maximum atomic E-state index is 13.5. The molecule has 5 aromatic rings. The molecule has 0 radical (unpaired) electrons. The number of aromatic nitrogens is 8. The molecule has 12 heteroatoms. The number of halogens is 2. The van der Waals surface area contributed by atoms with Crippen LogP contribution in [-0.4, -0.2) is 39.7 Å². The minimum Gasteiger partial charge on any atom is -0.358 e. The van der Waals surface area contributed by atoms with Crippen molar-refractivity contribution in [3.05, 3.63) is 63.4 Å². The fraction of sp³-hybridized carbons (Fsp3) is 0.158. The van der Waals surface area contributed by atoms with Gasteiger partial charge < -0.3 is 10.3 Å². The second-order valence-corrected chi connectivity index (χ2v) is 7.56. The van der Waals surface area contributed by atoms with Gasteiger partial charge in [-0.1, -0.05) is 30.1 Å². The Morgan fingerprint density at radius 2 is 2.00 bits per heavy atom. The van der Waals surface area contributed by atoms with Crippen LogP contribution in [0, 0.1) is 0 Å². The molecular formula is C19H15Cl2N9O. The second kappa shape index (κ2) is 7.64. The molecule has 0 aliphatic rings. The highest BCUT2D eigenvalue weighted by Crippen LogP contribution is 2.30. The summed E-state index contributed by atoms with van der Waals surface area (Å²) in [5.74, 6) is 0.955. The molecule has 156 valence electrons. The first-order chi connectivity index (χ1) is 15.1. The monoisotopic (exact) mass is 455 g/mol. The summed E-state index contributed by atoms with van der Waals surface area (Å²) in [6.07, 6.45) is 6.72. The third-order valence-corrected chi connectivity index (χ3v) is 5.56. The van der Waals surface area contributed by atoms with Crippen molar-refractivity contribution in [2.24, 2.45) is 0 Å².